The molecule has 0 bridgehead atoms. The first-order valence-electron chi connectivity index (χ1n) is 8.80. The van der Waals surface area contributed by atoms with E-state index in [9.17, 15) is 21.6 Å². The number of benzene rings is 3. The van der Waals surface area contributed by atoms with Crippen LogP contribution < -0.4 is 19.9 Å². The molecule has 9 nitrogen and oxygen atoms in total. The predicted molar refractivity (Wildman–Crippen MR) is 116 cm³/mol. The van der Waals surface area contributed by atoms with Crippen LogP contribution in [0.15, 0.2) is 82.6 Å². The zero-order chi connectivity index (χ0) is 22.6. The van der Waals surface area contributed by atoms with E-state index in [1.807, 2.05) is 0 Å². The lowest BCUT2D eigenvalue weighted by Crippen LogP contribution is -2.16. The predicted octanol–water partition coefficient (Wildman–Crippen LogP) is 2.40. The van der Waals surface area contributed by atoms with Gasteiger partial charge in [-0.15, -0.1) is 0 Å². The molecule has 0 aromatic heterocycles. The molecule has 0 saturated heterocycles. The highest BCUT2D eigenvalue weighted by Gasteiger charge is 2.17. The summed E-state index contributed by atoms with van der Waals surface area (Å²) in [5.74, 6) is -0.183. The SMILES string of the molecule is COc1ccccc1NS(=O)(=O)c1ccc(C(=O)Nc2cccc(S(N)(=O)=O)c2)cc1. The molecule has 0 aliphatic heterocycles. The molecule has 31 heavy (non-hydrogen) atoms. The van der Waals surface area contributed by atoms with E-state index in [1.54, 1.807) is 24.3 Å². The number of nitrogens with one attached hydrogen (secondary N) is 2. The number of sulfonamides is 2. The zero-order valence-electron chi connectivity index (χ0n) is 16.3. The first kappa shape index (κ1) is 22.3. The quantitative estimate of drug-likeness (QED) is 0.493. The van der Waals surface area contributed by atoms with Crippen LogP contribution in [0, 0.1) is 0 Å². The number of methoxy groups -OCH3 is 1. The highest BCUT2D eigenvalue weighted by molar-refractivity contribution is 7.92. The van der Waals surface area contributed by atoms with Crippen LogP contribution in [0.3, 0.4) is 0 Å². The van der Waals surface area contributed by atoms with E-state index in [0.29, 0.717) is 5.75 Å². The molecule has 0 heterocycles. The molecule has 0 radical (unpaired) electrons. The van der Waals surface area contributed by atoms with Gasteiger partial charge in [0, 0.05) is 11.3 Å². The van der Waals surface area contributed by atoms with Gasteiger partial charge in [0.1, 0.15) is 5.75 Å². The number of carbonyl (C=O) groups is 1. The molecule has 3 rings (SSSR count). The first-order chi connectivity index (χ1) is 14.6. The number of hydrogen-bond donors (Lipinski definition) is 3. The number of hydrogen-bond acceptors (Lipinski definition) is 6. The van der Waals surface area contributed by atoms with Gasteiger partial charge >= 0.3 is 0 Å². The molecule has 0 aliphatic rings. The molecule has 3 aromatic rings. The van der Waals surface area contributed by atoms with Crippen molar-refractivity contribution < 1.29 is 26.4 Å². The van der Waals surface area contributed by atoms with Crippen molar-refractivity contribution in [2.75, 3.05) is 17.1 Å². The summed E-state index contributed by atoms with van der Waals surface area (Å²) in [5.41, 5.74) is 0.685. The Kier molecular flexibility index (Phi) is 6.29. The summed E-state index contributed by atoms with van der Waals surface area (Å²) < 4.78 is 55.7. The third-order valence-corrected chi connectivity index (χ3v) is 6.49. The third kappa shape index (κ3) is 5.40. The minimum atomic E-state index is -3.91. The number of amides is 1. The Labute approximate surface area is 180 Å². The van der Waals surface area contributed by atoms with Crippen molar-refractivity contribution in [3.8, 4) is 5.75 Å². The van der Waals surface area contributed by atoms with Crippen molar-refractivity contribution in [2.24, 2.45) is 5.14 Å². The molecule has 0 atom stereocenters. The van der Waals surface area contributed by atoms with Gasteiger partial charge in [0.2, 0.25) is 10.0 Å². The topological polar surface area (TPSA) is 145 Å². The van der Waals surface area contributed by atoms with Gasteiger partial charge in [-0.3, -0.25) is 9.52 Å². The fraction of sp³-hybridized carbons (Fsp3) is 0.0500. The number of carbonyl (C=O) groups excluding carboxylic acids is 1. The molecule has 0 aliphatic carbocycles. The van der Waals surface area contributed by atoms with E-state index >= 15 is 0 Å². The summed E-state index contributed by atoms with van der Waals surface area (Å²) >= 11 is 0. The second-order valence-corrected chi connectivity index (χ2v) is 9.60. The van der Waals surface area contributed by atoms with E-state index in [1.165, 1.54) is 55.6 Å². The van der Waals surface area contributed by atoms with Crippen molar-refractivity contribution in [1.29, 1.82) is 0 Å². The summed E-state index contributed by atoms with van der Waals surface area (Å²) in [5, 5.41) is 7.63. The van der Waals surface area contributed by atoms with Crippen LogP contribution in [0.4, 0.5) is 11.4 Å². The van der Waals surface area contributed by atoms with Crippen LogP contribution >= 0.6 is 0 Å². The number of rotatable bonds is 7. The molecule has 0 spiro atoms. The van der Waals surface area contributed by atoms with E-state index in [2.05, 4.69) is 10.0 Å². The molecule has 4 N–H and O–H groups in total. The first-order valence-corrected chi connectivity index (χ1v) is 11.8. The van der Waals surface area contributed by atoms with Crippen molar-refractivity contribution in [1.82, 2.24) is 0 Å². The van der Waals surface area contributed by atoms with Crippen molar-refractivity contribution in [2.45, 2.75) is 9.79 Å². The largest absolute Gasteiger partial charge is 0.495 e. The van der Waals surface area contributed by atoms with Crippen LogP contribution in [0.2, 0.25) is 0 Å². The van der Waals surface area contributed by atoms with Crippen LogP contribution in [-0.4, -0.2) is 29.9 Å². The van der Waals surface area contributed by atoms with E-state index in [0.717, 1.165) is 0 Å². The molecule has 11 heteroatoms. The minimum absolute atomic E-state index is 0.0498. The molecule has 0 saturated carbocycles. The summed E-state index contributed by atoms with van der Waals surface area (Å²) in [6.45, 7) is 0. The second-order valence-electron chi connectivity index (χ2n) is 6.36. The van der Waals surface area contributed by atoms with Gasteiger partial charge in [-0.25, -0.2) is 22.0 Å². The van der Waals surface area contributed by atoms with E-state index < -0.39 is 26.0 Å². The Bertz CT molecular complexity index is 1320. The van der Waals surface area contributed by atoms with Crippen LogP contribution in [-0.2, 0) is 20.0 Å². The summed E-state index contributed by atoms with van der Waals surface area (Å²) in [7, 11) is -6.39. The summed E-state index contributed by atoms with van der Waals surface area (Å²) in [6, 6.07) is 17.3. The van der Waals surface area contributed by atoms with Gasteiger partial charge in [0.05, 0.1) is 22.6 Å². The monoisotopic (exact) mass is 461 g/mol. The standard InChI is InChI=1S/C20H19N3O6S2/c1-29-19-8-3-2-7-18(19)23-31(27,28)16-11-9-14(10-12-16)20(24)22-15-5-4-6-17(13-15)30(21,25)26/h2-13,23H,1H3,(H,22,24)(H2,21,25,26). The lowest BCUT2D eigenvalue weighted by atomic mass is 10.2. The number of ether oxygens (including phenoxy) is 1. The number of primary sulfonamides is 1. The van der Waals surface area contributed by atoms with Crippen LogP contribution in [0.5, 0.6) is 5.75 Å². The lowest BCUT2D eigenvalue weighted by molar-refractivity contribution is 0.102. The van der Waals surface area contributed by atoms with Crippen LogP contribution in [0.1, 0.15) is 10.4 Å². The van der Waals surface area contributed by atoms with Gasteiger partial charge in [-0.2, -0.15) is 0 Å². The fourth-order valence-corrected chi connectivity index (χ4v) is 4.30. The fourth-order valence-electron chi connectivity index (χ4n) is 2.67. The molecule has 1 amide bonds. The maximum absolute atomic E-state index is 12.6. The molecular weight excluding hydrogens is 442 g/mol. The average molecular weight is 462 g/mol. The summed E-state index contributed by atoms with van der Waals surface area (Å²) in [4.78, 5) is 12.2. The smallest absolute Gasteiger partial charge is 0.262 e. The average Bonchev–Trinajstić information content (AvgIpc) is 2.73. The highest BCUT2D eigenvalue weighted by Crippen LogP contribution is 2.26. The number of anilines is 2. The van der Waals surface area contributed by atoms with Gasteiger partial charge in [-0.05, 0) is 54.6 Å². The van der Waals surface area contributed by atoms with Crippen molar-refractivity contribution in [3.05, 3.63) is 78.4 Å². The summed E-state index contributed by atoms with van der Waals surface area (Å²) in [6.07, 6.45) is 0. The molecule has 3 aromatic carbocycles. The molecule has 0 fully saturated rings. The minimum Gasteiger partial charge on any atom is -0.495 e. The number of para-hydroxylation sites is 2. The second kappa shape index (κ2) is 8.76. The van der Waals surface area contributed by atoms with E-state index in [-0.39, 0.29) is 26.7 Å². The zero-order valence-corrected chi connectivity index (χ0v) is 17.9. The Morgan fingerprint density at radius 3 is 2.19 bits per heavy atom. The van der Waals surface area contributed by atoms with Gasteiger partial charge in [0.25, 0.3) is 15.9 Å². The third-order valence-electron chi connectivity index (χ3n) is 4.20. The normalized spacial score (nSPS) is 11.5. The highest BCUT2D eigenvalue weighted by atomic mass is 32.2. The molecule has 162 valence electrons. The Hall–Kier alpha value is -3.41. The Balaban J connectivity index is 1.77. The Morgan fingerprint density at radius 1 is 0.871 bits per heavy atom. The maximum Gasteiger partial charge on any atom is 0.262 e. The van der Waals surface area contributed by atoms with Crippen molar-refractivity contribution in [3.63, 3.8) is 0 Å². The molecular formula is C20H19N3O6S2. The van der Waals surface area contributed by atoms with Crippen molar-refractivity contribution >= 4 is 37.3 Å². The van der Waals surface area contributed by atoms with Gasteiger partial charge in [-0.1, -0.05) is 18.2 Å². The lowest BCUT2D eigenvalue weighted by Gasteiger charge is -2.12. The van der Waals surface area contributed by atoms with Gasteiger partial charge < -0.3 is 10.1 Å². The van der Waals surface area contributed by atoms with E-state index in [4.69, 9.17) is 9.88 Å². The maximum atomic E-state index is 12.6. The molecule has 0 unspecified atom stereocenters. The number of nitrogens with two attached hydrogens (primary N) is 1. The van der Waals surface area contributed by atoms with Gasteiger partial charge in [0.15, 0.2) is 0 Å². The Morgan fingerprint density at radius 2 is 1.55 bits per heavy atom. The van der Waals surface area contributed by atoms with Crippen LogP contribution in [0.25, 0.3) is 0 Å².